The van der Waals surface area contributed by atoms with Crippen LogP contribution >= 0.6 is 0 Å². The topological polar surface area (TPSA) is 131 Å². The lowest BCUT2D eigenvalue weighted by atomic mass is 9.84. The molecule has 1 heterocycles. The molecule has 2 aliphatic rings. The highest BCUT2D eigenvalue weighted by atomic mass is 19.1. The quantitative estimate of drug-likeness (QED) is 0.582. The molecule has 0 aromatic heterocycles. The highest BCUT2D eigenvalue weighted by Gasteiger charge is 2.32. The second kappa shape index (κ2) is 8.34. The van der Waals surface area contributed by atoms with Gasteiger partial charge in [0.15, 0.2) is 6.04 Å². The Hall–Kier alpha value is -3.01. The summed E-state index contributed by atoms with van der Waals surface area (Å²) < 4.78 is 19.5. The third-order valence-electron chi connectivity index (χ3n) is 4.82. The maximum absolute atomic E-state index is 14.4. The van der Waals surface area contributed by atoms with E-state index in [1.807, 2.05) is 0 Å². The molecule has 1 aliphatic heterocycles. The van der Waals surface area contributed by atoms with Crippen molar-refractivity contribution in [3.63, 3.8) is 0 Å². The van der Waals surface area contributed by atoms with E-state index in [-0.39, 0.29) is 24.1 Å². The summed E-state index contributed by atoms with van der Waals surface area (Å²) in [6, 6.07) is 2.24. The zero-order valence-electron chi connectivity index (χ0n) is 15.1. The van der Waals surface area contributed by atoms with Crippen molar-refractivity contribution in [2.24, 2.45) is 11.7 Å². The number of halogens is 1. The summed E-state index contributed by atoms with van der Waals surface area (Å²) in [5.74, 6) is -3.73. The second-order valence-electron chi connectivity index (χ2n) is 6.72. The second-order valence-corrected chi connectivity index (χ2v) is 6.72. The number of carbonyl (C=O) groups is 4. The van der Waals surface area contributed by atoms with Gasteiger partial charge in [0, 0.05) is 18.2 Å². The molecular formula is C18H21FN4O5. The minimum absolute atomic E-state index is 0.0823. The van der Waals surface area contributed by atoms with E-state index in [0.29, 0.717) is 31.7 Å². The zero-order valence-corrected chi connectivity index (χ0v) is 15.1. The van der Waals surface area contributed by atoms with Gasteiger partial charge in [0.25, 0.3) is 11.8 Å². The van der Waals surface area contributed by atoms with E-state index in [2.05, 4.69) is 10.6 Å². The third kappa shape index (κ3) is 4.28. The van der Waals surface area contributed by atoms with Gasteiger partial charge in [-0.15, -0.1) is 0 Å². The SMILES string of the molecule is NC(=O)[C@H](NC(=O)C1CCC1)C(=O)Nc1ccc(N2CCOCC2=O)cc1F. The Bertz CT molecular complexity index is 811. The summed E-state index contributed by atoms with van der Waals surface area (Å²) >= 11 is 0. The Labute approximate surface area is 160 Å². The largest absolute Gasteiger partial charge is 0.370 e. The minimum atomic E-state index is -1.60. The van der Waals surface area contributed by atoms with Gasteiger partial charge in [-0.25, -0.2) is 4.39 Å². The average Bonchev–Trinajstić information content (AvgIpc) is 2.60. The number of anilines is 2. The number of nitrogens with zero attached hydrogens (tertiary/aromatic N) is 1. The molecule has 1 saturated heterocycles. The van der Waals surface area contributed by atoms with Crippen LogP contribution in [0, 0.1) is 11.7 Å². The van der Waals surface area contributed by atoms with E-state index in [4.69, 9.17) is 10.5 Å². The molecule has 3 rings (SSSR count). The van der Waals surface area contributed by atoms with Crippen LogP contribution < -0.4 is 21.3 Å². The fraction of sp³-hybridized carbons (Fsp3) is 0.444. The van der Waals surface area contributed by atoms with Gasteiger partial charge < -0.3 is 26.0 Å². The first-order chi connectivity index (χ1) is 13.4. The summed E-state index contributed by atoms with van der Waals surface area (Å²) in [5.41, 5.74) is 5.34. The van der Waals surface area contributed by atoms with Gasteiger partial charge in [-0.1, -0.05) is 6.42 Å². The molecule has 1 aromatic carbocycles. The van der Waals surface area contributed by atoms with Gasteiger partial charge in [-0.05, 0) is 31.0 Å². The summed E-state index contributed by atoms with van der Waals surface area (Å²) in [6.07, 6.45) is 2.29. The highest BCUT2D eigenvalue weighted by molar-refractivity contribution is 6.11. The van der Waals surface area contributed by atoms with Crippen LogP contribution in [0.2, 0.25) is 0 Å². The summed E-state index contributed by atoms with van der Waals surface area (Å²) in [6.45, 7) is 0.550. The fourth-order valence-corrected chi connectivity index (χ4v) is 2.97. The predicted octanol–water partition coefficient (Wildman–Crippen LogP) is -0.102. The number of carbonyl (C=O) groups excluding carboxylic acids is 4. The number of morpholine rings is 1. The fourth-order valence-electron chi connectivity index (χ4n) is 2.97. The molecule has 28 heavy (non-hydrogen) atoms. The van der Waals surface area contributed by atoms with Crippen molar-refractivity contribution in [1.29, 1.82) is 0 Å². The van der Waals surface area contributed by atoms with Crippen molar-refractivity contribution >= 4 is 35.0 Å². The van der Waals surface area contributed by atoms with E-state index in [1.54, 1.807) is 0 Å². The van der Waals surface area contributed by atoms with E-state index in [0.717, 1.165) is 12.5 Å². The van der Waals surface area contributed by atoms with Gasteiger partial charge in [0.2, 0.25) is 11.8 Å². The normalized spacial score (nSPS) is 18.2. The number of nitrogens with two attached hydrogens (primary N) is 1. The van der Waals surface area contributed by atoms with Crippen LogP contribution in [-0.4, -0.2) is 49.4 Å². The van der Waals surface area contributed by atoms with Gasteiger partial charge in [0.1, 0.15) is 12.4 Å². The molecule has 4 N–H and O–H groups in total. The molecule has 0 bridgehead atoms. The standard InChI is InChI=1S/C18H21FN4O5/c19-12-8-11(23-6-7-28-9-14(23)24)4-5-13(12)21-18(27)15(16(20)25)22-17(26)10-2-1-3-10/h4-5,8,10,15H,1-3,6-7,9H2,(H2,20,25)(H,21,27)(H,22,26)/t15-/m0/s1. The molecule has 0 radical (unpaired) electrons. The summed E-state index contributed by atoms with van der Waals surface area (Å²) in [4.78, 5) is 49.1. The smallest absolute Gasteiger partial charge is 0.256 e. The van der Waals surface area contributed by atoms with Crippen molar-refractivity contribution in [2.75, 3.05) is 30.0 Å². The Kier molecular flexibility index (Phi) is 5.88. The van der Waals surface area contributed by atoms with E-state index in [1.165, 1.54) is 17.0 Å². The van der Waals surface area contributed by atoms with Crippen molar-refractivity contribution in [3.8, 4) is 0 Å². The Morgan fingerprint density at radius 2 is 2.04 bits per heavy atom. The number of hydrogen-bond donors (Lipinski definition) is 3. The van der Waals surface area contributed by atoms with Crippen LogP contribution in [-0.2, 0) is 23.9 Å². The lowest BCUT2D eigenvalue weighted by Gasteiger charge is -2.27. The van der Waals surface area contributed by atoms with Crippen LogP contribution in [0.1, 0.15) is 19.3 Å². The van der Waals surface area contributed by atoms with Gasteiger partial charge in [-0.2, -0.15) is 0 Å². The number of rotatable bonds is 6. The number of benzene rings is 1. The van der Waals surface area contributed by atoms with Crippen LogP contribution in [0.15, 0.2) is 18.2 Å². The number of nitrogens with one attached hydrogen (secondary N) is 2. The monoisotopic (exact) mass is 392 g/mol. The van der Waals surface area contributed by atoms with Crippen molar-refractivity contribution in [1.82, 2.24) is 5.32 Å². The highest BCUT2D eigenvalue weighted by Crippen LogP contribution is 2.26. The molecule has 4 amide bonds. The maximum Gasteiger partial charge on any atom is 0.256 e. The molecule has 1 atom stereocenters. The Morgan fingerprint density at radius 1 is 1.29 bits per heavy atom. The number of hydrogen-bond acceptors (Lipinski definition) is 5. The average molecular weight is 392 g/mol. The summed E-state index contributed by atoms with van der Waals surface area (Å²) in [5, 5.41) is 4.57. The number of amides is 4. The van der Waals surface area contributed by atoms with Gasteiger partial charge in [0.05, 0.1) is 12.3 Å². The Morgan fingerprint density at radius 3 is 2.61 bits per heavy atom. The lowest BCUT2D eigenvalue weighted by Crippen LogP contribution is -2.53. The van der Waals surface area contributed by atoms with Crippen LogP contribution in [0.5, 0.6) is 0 Å². The van der Waals surface area contributed by atoms with Crippen LogP contribution in [0.3, 0.4) is 0 Å². The predicted molar refractivity (Wildman–Crippen MR) is 96.7 cm³/mol. The molecule has 10 heteroatoms. The van der Waals surface area contributed by atoms with Crippen molar-refractivity contribution in [2.45, 2.75) is 25.3 Å². The number of ether oxygens (including phenoxy) is 1. The molecule has 1 aliphatic carbocycles. The molecular weight excluding hydrogens is 371 g/mol. The van der Waals surface area contributed by atoms with Gasteiger partial charge in [-0.3, -0.25) is 19.2 Å². The summed E-state index contributed by atoms with van der Waals surface area (Å²) in [7, 11) is 0. The first-order valence-corrected chi connectivity index (χ1v) is 8.95. The first-order valence-electron chi connectivity index (χ1n) is 8.95. The van der Waals surface area contributed by atoms with E-state index >= 15 is 0 Å². The van der Waals surface area contributed by atoms with E-state index < -0.39 is 29.6 Å². The molecule has 0 unspecified atom stereocenters. The van der Waals surface area contributed by atoms with Crippen LogP contribution in [0.25, 0.3) is 0 Å². The third-order valence-corrected chi connectivity index (χ3v) is 4.82. The van der Waals surface area contributed by atoms with Crippen molar-refractivity contribution in [3.05, 3.63) is 24.0 Å². The lowest BCUT2D eigenvalue weighted by molar-refractivity contribution is -0.136. The maximum atomic E-state index is 14.4. The van der Waals surface area contributed by atoms with Crippen molar-refractivity contribution < 1.29 is 28.3 Å². The minimum Gasteiger partial charge on any atom is -0.370 e. The van der Waals surface area contributed by atoms with Crippen LogP contribution in [0.4, 0.5) is 15.8 Å². The first kappa shape index (κ1) is 19.7. The molecule has 1 aromatic rings. The Balaban J connectivity index is 1.68. The molecule has 150 valence electrons. The van der Waals surface area contributed by atoms with Gasteiger partial charge >= 0.3 is 0 Å². The van der Waals surface area contributed by atoms with E-state index in [9.17, 15) is 23.6 Å². The molecule has 1 saturated carbocycles. The number of primary amides is 1. The molecule has 9 nitrogen and oxygen atoms in total. The molecule has 2 fully saturated rings. The zero-order chi connectivity index (χ0) is 20.3. The molecule has 0 spiro atoms.